The van der Waals surface area contributed by atoms with Crippen molar-refractivity contribution in [1.82, 2.24) is 4.98 Å². The monoisotopic (exact) mass is 541 g/mol. The number of anilines is 2. The number of halogens is 5. The van der Waals surface area contributed by atoms with Gasteiger partial charge < -0.3 is 10.6 Å². The van der Waals surface area contributed by atoms with Gasteiger partial charge in [0.2, 0.25) is 0 Å². The number of carbonyl (C=O) groups is 2. The Hall–Kier alpha value is -2.02. The molecule has 33 heavy (non-hydrogen) atoms. The third-order valence-corrected chi connectivity index (χ3v) is 6.97. The lowest BCUT2D eigenvalue weighted by molar-refractivity contribution is -0.118. The van der Waals surface area contributed by atoms with Crippen molar-refractivity contribution >= 4 is 81.1 Å². The minimum absolute atomic E-state index is 0.0380. The van der Waals surface area contributed by atoms with Gasteiger partial charge in [0.1, 0.15) is 4.33 Å². The highest BCUT2D eigenvalue weighted by Gasteiger charge is 2.67. The second-order valence-corrected chi connectivity index (χ2v) is 10.3. The van der Waals surface area contributed by atoms with Crippen LogP contribution in [0.4, 0.5) is 11.4 Å². The van der Waals surface area contributed by atoms with Crippen LogP contribution in [0.25, 0.3) is 0 Å². The van der Waals surface area contributed by atoms with Crippen molar-refractivity contribution in [2.75, 3.05) is 17.2 Å². The Kier molecular flexibility index (Phi) is 7.08. The van der Waals surface area contributed by atoms with Gasteiger partial charge in [0, 0.05) is 39.7 Å². The molecule has 2 N–H and O–H groups in total. The van der Waals surface area contributed by atoms with E-state index in [1.807, 2.05) is 0 Å². The van der Waals surface area contributed by atoms with Gasteiger partial charge in [-0.05, 0) is 54.1 Å². The van der Waals surface area contributed by atoms with Crippen LogP contribution in [-0.4, -0.2) is 27.6 Å². The largest absolute Gasteiger partial charge is 0.378 e. The SMILES string of the molecule is O=C(Nc1ccncc1)c1cc(NCC(=O)C2C(c3cc(Cl)cc(Cl)c3)C2(Cl)Cl)ccc1Cl. The first-order valence-corrected chi connectivity index (χ1v) is 11.7. The number of alkyl halides is 2. The number of amides is 1. The molecule has 2 aromatic carbocycles. The number of hydrogen-bond donors (Lipinski definition) is 2. The molecule has 2 unspecified atom stereocenters. The minimum Gasteiger partial charge on any atom is -0.378 e. The molecular weight excluding hydrogens is 528 g/mol. The molecule has 2 atom stereocenters. The molecule has 1 saturated carbocycles. The lowest BCUT2D eigenvalue weighted by Gasteiger charge is -2.10. The number of rotatable bonds is 7. The molecule has 1 amide bonds. The summed E-state index contributed by atoms with van der Waals surface area (Å²) < 4.78 is -1.25. The summed E-state index contributed by atoms with van der Waals surface area (Å²) in [4.78, 5) is 29.4. The van der Waals surface area contributed by atoms with E-state index in [1.165, 1.54) is 0 Å². The van der Waals surface area contributed by atoms with Crippen LogP contribution in [0, 0.1) is 5.92 Å². The fraction of sp³-hybridized carbons (Fsp3) is 0.174. The summed E-state index contributed by atoms with van der Waals surface area (Å²) in [6, 6.07) is 13.1. The maximum atomic E-state index is 12.9. The van der Waals surface area contributed by atoms with Crippen molar-refractivity contribution in [2.24, 2.45) is 5.92 Å². The molecule has 170 valence electrons. The maximum Gasteiger partial charge on any atom is 0.257 e. The highest BCUT2D eigenvalue weighted by atomic mass is 35.5. The molecule has 1 aliphatic carbocycles. The Morgan fingerprint density at radius 2 is 1.58 bits per heavy atom. The average molecular weight is 544 g/mol. The molecule has 5 nitrogen and oxygen atoms in total. The summed E-state index contributed by atoms with van der Waals surface area (Å²) in [7, 11) is 0. The van der Waals surface area contributed by atoms with Crippen molar-refractivity contribution in [1.29, 1.82) is 0 Å². The first kappa shape index (κ1) is 24.1. The summed E-state index contributed by atoms with van der Waals surface area (Å²) in [6.07, 6.45) is 3.13. The Bertz CT molecular complexity index is 1200. The lowest BCUT2D eigenvalue weighted by atomic mass is 10.1. The average Bonchev–Trinajstić information content (AvgIpc) is 3.35. The molecule has 1 aliphatic rings. The lowest BCUT2D eigenvalue weighted by Crippen LogP contribution is -2.19. The van der Waals surface area contributed by atoms with Gasteiger partial charge in [0.25, 0.3) is 5.91 Å². The predicted octanol–water partition coefficient (Wildman–Crippen LogP) is 6.86. The second kappa shape index (κ2) is 9.69. The fourth-order valence-electron chi connectivity index (χ4n) is 3.64. The topological polar surface area (TPSA) is 71.1 Å². The zero-order valence-corrected chi connectivity index (χ0v) is 20.6. The van der Waals surface area contributed by atoms with Crippen LogP contribution >= 0.6 is 58.0 Å². The van der Waals surface area contributed by atoms with Gasteiger partial charge in [-0.25, -0.2) is 0 Å². The fourth-order valence-corrected chi connectivity index (χ4v) is 5.26. The van der Waals surface area contributed by atoms with E-state index in [1.54, 1.807) is 60.9 Å². The van der Waals surface area contributed by atoms with Crippen LogP contribution in [0.2, 0.25) is 15.1 Å². The predicted molar refractivity (Wildman–Crippen MR) is 134 cm³/mol. The number of nitrogens with zero attached hydrogens (tertiary/aromatic N) is 1. The first-order chi connectivity index (χ1) is 15.7. The minimum atomic E-state index is -1.25. The molecule has 1 aromatic heterocycles. The van der Waals surface area contributed by atoms with Gasteiger partial charge in [-0.2, -0.15) is 0 Å². The van der Waals surface area contributed by atoms with Gasteiger partial charge >= 0.3 is 0 Å². The standard InChI is InChI=1S/C23H16Cl5N3O2/c24-13-7-12(8-14(25)9-13)20-21(23(20,27)28)19(32)11-30-16-1-2-18(26)17(10-16)22(33)31-15-3-5-29-6-4-15/h1-10,20-21,30H,11H2,(H,29,31,33). The van der Waals surface area contributed by atoms with E-state index in [0.717, 1.165) is 0 Å². The van der Waals surface area contributed by atoms with Crippen LogP contribution < -0.4 is 10.6 Å². The Balaban J connectivity index is 1.43. The first-order valence-electron chi connectivity index (χ1n) is 9.78. The Morgan fingerprint density at radius 1 is 0.909 bits per heavy atom. The van der Waals surface area contributed by atoms with Crippen molar-refractivity contribution < 1.29 is 9.59 Å². The molecule has 0 saturated heterocycles. The van der Waals surface area contributed by atoms with Gasteiger partial charge in [-0.15, -0.1) is 23.2 Å². The van der Waals surface area contributed by atoms with Crippen molar-refractivity contribution in [2.45, 2.75) is 10.3 Å². The second-order valence-electron chi connectivity index (χ2n) is 7.54. The third-order valence-electron chi connectivity index (χ3n) is 5.26. The zero-order valence-electron chi connectivity index (χ0n) is 16.8. The number of hydrogen-bond acceptors (Lipinski definition) is 4. The molecular formula is C23H16Cl5N3O2. The van der Waals surface area contributed by atoms with Crippen LogP contribution in [0.5, 0.6) is 0 Å². The maximum absolute atomic E-state index is 12.9. The summed E-state index contributed by atoms with van der Waals surface area (Å²) in [5.41, 5.74) is 2.09. The molecule has 0 radical (unpaired) electrons. The van der Waals surface area contributed by atoms with Crippen LogP contribution in [0.15, 0.2) is 60.9 Å². The van der Waals surface area contributed by atoms with E-state index in [9.17, 15) is 9.59 Å². The third kappa shape index (κ3) is 5.39. The van der Waals surface area contributed by atoms with Crippen molar-refractivity contribution in [3.8, 4) is 0 Å². The summed E-state index contributed by atoms with van der Waals surface area (Å²) in [6.45, 7) is -0.0380. The highest BCUT2D eigenvalue weighted by Crippen LogP contribution is 2.65. The summed E-state index contributed by atoms with van der Waals surface area (Å²) in [5.74, 6) is -1.61. The Morgan fingerprint density at radius 3 is 2.24 bits per heavy atom. The quantitative estimate of drug-likeness (QED) is 0.319. The van der Waals surface area contributed by atoms with E-state index in [4.69, 9.17) is 58.0 Å². The molecule has 3 aromatic rings. The summed E-state index contributed by atoms with van der Waals surface area (Å²) in [5, 5.41) is 6.93. The van der Waals surface area contributed by atoms with Crippen molar-refractivity contribution in [3.05, 3.63) is 87.1 Å². The van der Waals surface area contributed by atoms with Gasteiger partial charge in [0.05, 0.1) is 23.0 Å². The number of nitrogens with one attached hydrogen (secondary N) is 2. The molecule has 0 spiro atoms. The van der Waals surface area contributed by atoms with E-state index in [0.29, 0.717) is 27.0 Å². The smallest absolute Gasteiger partial charge is 0.257 e. The van der Waals surface area contributed by atoms with E-state index < -0.39 is 16.2 Å². The van der Waals surface area contributed by atoms with Crippen LogP contribution in [-0.2, 0) is 4.79 Å². The number of Topliss-reactive ketones (excluding diaryl/α,β-unsaturated/α-hetero) is 1. The van der Waals surface area contributed by atoms with E-state index in [-0.39, 0.29) is 28.8 Å². The number of pyridine rings is 1. The van der Waals surface area contributed by atoms with Gasteiger partial charge in [0.15, 0.2) is 5.78 Å². The van der Waals surface area contributed by atoms with E-state index >= 15 is 0 Å². The number of ketones is 1. The molecule has 0 aliphatic heterocycles. The molecule has 4 rings (SSSR count). The molecule has 0 bridgehead atoms. The normalized spacial score (nSPS) is 18.5. The van der Waals surface area contributed by atoms with Gasteiger partial charge in [-0.3, -0.25) is 14.6 Å². The number of benzene rings is 2. The number of carbonyl (C=O) groups excluding carboxylic acids is 2. The molecule has 1 fully saturated rings. The highest BCUT2D eigenvalue weighted by molar-refractivity contribution is 6.53. The number of aromatic nitrogens is 1. The zero-order chi connectivity index (χ0) is 23.8. The van der Waals surface area contributed by atoms with E-state index in [2.05, 4.69) is 15.6 Å². The van der Waals surface area contributed by atoms with Crippen LogP contribution in [0.1, 0.15) is 21.8 Å². The Labute approximate surface area is 215 Å². The molecule has 1 heterocycles. The van der Waals surface area contributed by atoms with Gasteiger partial charge in [-0.1, -0.05) is 34.8 Å². The molecule has 10 heteroatoms. The van der Waals surface area contributed by atoms with Crippen molar-refractivity contribution in [3.63, 3.8) is 0 Å². The summed E-state index contributed by atoms with van der Waals surface area (Å²) >= 11 is 31.2. The van der Waals surface area contributed by atoms with Crippen LogP contribution in [0.3, 0.4) is 0 Å².